The van der Waals surface area contributed by atoms with Crippen LogP contribution in [-0.4, -0.2) is 52.5 Å². The van der Waals surface area contributed by atoms with Gasteiger partial charge in [-0.1, -0.05) is 35.5 Å². The van der Waals surface area contributed by atoms with Crippen LogP contribution in [0.15, 0.2) is 53.1 Å². The van der Waals surface area contributed by atoms with Gasteiger partial charge in [-0.3, -0.25) is 4.90 Å². The molecule has 30 heavy (non-hydrogen) atoms. The van der Waals surface area contributed by atoms with Crippen molar-refractivity contribution in [2.24, 2.45) is 0 Å². The van der Waals surface area contributed by atoms with E-state index in [-0.39, 0.29) is 18.3 Å². The third-order valence-corrected chi connectivity index (χ3v) is 5.37. The van der Waals surface area contributed by atoms with Gasteiger partial charge in [0.1, 0.15) is 24.3 Å². The lowest BCUT2D eigenvalue weighted by atomic mass is 9.97. The van der Waals surface area contributed by atoms with Gasteiger partial charge in [-0.15, -0.1) is 0 Å². The molecule has 0 radical (unpaired) electrons. The molecule has 1 saturated heterocycles. The summed E-state index contributed by atoms with van der Waals surface area (Å²) in [5.41, 5.74) is 1.65. The zero-order valence-electron chi connectivity index (χ0n) is 17.0. The molecular weight excluding hydrogens is 385 g/mol. The monoisotopic (exact) mass is 411 g/mol. The standard InChI is InChI=1S/C23H26FN3O3/c1-16-6-2-3-10-21(16)29-15-20(28)14-27-11-5-8-18(13-27)23-25-22(26-30-23)17-7-4-9-19(24)12-17/h2-4,6-7,9-10,12,18,20,28H,5,8,11,13-15H2,1H3. The summed E-state index contributed by atoms with van der Waals surface area (Å²) in [5, 5.41) is 14.5. The predicted octanol–water partition coefficient (Wildman–Crippen LogP) is 3.80. The number of likely N-dealkylation sites (tertiary alicyclic amines) is 1. The summed E-state index contributed by atoms with van der Waals surface area (Å²) in [6.07, 6.45) is 1.33. The molecule has 1 fully saturated rings. The van der Waals surface area contributed by atoms with Crippen LogP contribution in [0.3, 0.4) is 0 Å². The minimum atomic E-state index is -0.589. The van der Waals surface area contributed by atoms with Crippen LogP contribution in [0.5, 0.6) is 5.75 Å². The number of benzene rings is 2. The SMILES string of the molecule is Cc1ccccc1OCC(O)CN1CCCC(c2nc(-c3cccc(F)c3)no2)C1. The van der Waals surface area contributed by atoms with Crippen molar-refractivity contribution in [3.63, 3.8) is 0 Å². The smallest absolute Gasteiger partial charge is 0.231 e. The van der Waals surface area contributed by atoms with Gasteiger partial charge in [-0.2, -0.15) is 4.98 Å². The number of rotatable bonds is 7. The quantitative estimate of drug-likeness (QED) is 0.638. The van der Waals surface area contributed by atoms with Crippen LogP contribution in [0.1, 0.15) is 30.2 Å². The van der Waals surface area contributed by atoms with Gasteiger partial charge in [0.2, 0.25) is 11.7 Å². The molecule has 0 spiro atoms. The Balaban J connectivity index is 1.33. The van der Waals surface area contributed by atoms with Gasteiger partial charge in [-0.05, 0) is 50.1 Å². The van der Waals surface area contributed by atoms with Crippen LogP contribution in [0.2, 0.25) is 0 Å². The van der Waals surface area contributed by atoms with Gasteiger partial charge >= 0.3 is 0 Å². The number of β-amino-alcohol motifs (C(OH)–C–C–N with tert-alkyl or cyclic N) is 1. The Kier molecular flexibility index (Phi) is 6.40. The first kappa shape index (κ1) is 20.5. The molecule has 7 heteroatoms. The molecule has 0 bridgehead atoms. The van der Waals surface area contributed by atoms with E-state index >= 15 is 0 Å². The number of para-hydroxylation sites is 1. The van der Waals surface area contributed by atoms with Crippen LogP contribution >= 0.6 is 0 Å². The van der Waals surface area contributed by atoms with E-state index in [4.69, 9.17) is 9.26 Å². The van der Waals surface area contributed by atoms with Crippen molar-refractivity contribution in [1.29, 1.82) is 0 Å². The average Bonchev–Trinajstić information content (AvgIpc) is 3.24. The van der Waals surface area contributed by atoms with Crippen molar-refractivity contribution < 1.29 is 18.8 Å². The van der Waals surface area contributed by atoms with Gasteiger partial charge in [0.05, 0.1) is 5.92 Å². The lowest BCUT2D eigenvalue weighted by Gasteiger charge is -2.32. The lowest BCUT2D eigenvalue weighted by molar-refractivity contribution is 0.0559. The molecule has 1 aliphatic rings. The molecule has 1 aliphatic heterocycles. The highest BCUT2D eigenvalue weighted by atomic mass is 19.1. The van der Waals surface area contributed by atoms with Crippen LogP contribution < -0.4 is 4.74 Å². The van der Waals surface area contributed by atoms with E-state index in [2.05, 4.69) is 15.0 Å². The topological polar surface area (TPSA) is 71.6 Å². The van der Waals surface area contributed by atoms with Crippen molar-refractivity contribution in [2.75, 3.05) is 26.2 Å². The molecule has 2 aromatic carbocycles. The third-order valence-electron chi connectivity index (χ3n) is 5.37. The van der Waals surface area contributed by atoms with Crippen LogP contribution in [0.4, 0.5) is 4.39 Å². The summed E-state index contributed by atoms with van der Waals surface area (Å²) < 4.78 is 24.7. The van der Waals surface area contributed by atoms with E-state index in [0.29, 0.717) is 23.8 Å². The molecule has 4 rings (SSSR count). The van der Waals surface area contributed by atoms with Crippen molar-refractivity contribution in [2.45, 2.75) is 31.8 Å². The molecule has 1 aromatic heterocycles. The molecular formula is C23H26FN3O3. The van der Waals surface area contributed by atoms with Gasteiger partial charge in [-0.25, -0.2) is 4.39 Å². The van der Waals surface area contributed by atoms with Crippen molar-refractivity contribution in [3.05, 3.63) is 65.8 Å². The molecule has 3 aromatic rings. The highest BCUT2D eigenvalue weighted by Gasteiger charge is 2.27. The second-order valence-corrected chi connectivity index (χ2v) is 7.80. The highest BCUT2D eigenvalue weighted by Crippen LogP contribution is 2.28. The van der Waals surface area contributed by atoms with Gasteiger partial charge in [0.25, 0.3) is 0 Å². The summed E-state index contributed by atoms with van der Waals surface area (Å²) in [5.74, 6) is 1.52. The Bertz CT molecular complexity index is 978. The Morgan fingerprint density at radius 3 is 2.97 bits per heavy atom. The molecule has 2 atom stereocenters. The van der Waals surface area contributed by atoms with Crippen LogP contribution in [0.25, 0.3) is 11.4 Å². The first-order chi connectivity index (χ1) is 14.6. The van der Waals surface area contributed by atoms with Gasteiger partial charge in [0.15, 0.2) is 0 Å². The molecule has 0 aliphatic carbocycles. The van der Waals surface area contributed by atoms with Crippen LogP contribution in [-0.2, 0) is 0 Å². The number of nitrogens with zero attached hydrogens (tertiary/aromatic N) is 3. The number of aromatic nitrogens is 2. The number of piperidine rings is 1. The third kappa shape index (κ3) is 5.04. The molecule has 1 N–H and O–H groups in total. The number of hydrogen-bond donors (Lipinski definition) is 1. The van der Waals surface area contributed by atoms with E-state index in [1.165, 1.54) is 12.1 Å². The van der Waals surface area contributed by atoms with E-state index in [1.807, 2.05) is 31.2 Å². The molecule has 2 unspecified atom stereocenters. The van der Waals surface area contributed by atoms with E-state index < -0.39 is 6.10 Å². The second kappa shape index (κ2) is 9.36. The molecule has 0 saturated carbocycles. The van der Waals surface area contributed by atoms with E-state index in [0.717, 1.165) is 37.2 Å². The number of halogens is 1. The summed E-state index contributed by atoms with van der Waals surface area (Å²) in [7, 11) is 0. The number of aliphatic hydroxyl groups is 1. The number of ether oxygens (including phenoxy) is 1. The Morgan fingerprint density at radius 2 is 2.13 bits per heavy atom. The number of aliphatic hydroxyl groups excluding tert-OH is 1. The first-order valence-corrected chi connectivity index (χ1v) is 10.3. The number of hydrogen-bond acceptors (Lipinski definition) is 6. The fourth-order valence-electron chi connectivity index (χ4n) is 3.82. The summed E-state index contributed by atoms with van der Waals surface area (Å²) in [6, 6.07) is 13.9. The van der Waals surface area contributed by atoms with Gasteiger partial charge < -0.3 is 14.4 Å². The van der Waals surface area contributed by atoms with Crippen molar-refractivity contribution >= 4 is 0 Å². The minimum Gasteiger partial charge on any atom is -0.491 e. The normalized spacial score (nSPS) is 18.3. The maximum absolute atomic E-state index is 13.5. The van der Waals surface area contributed by atoms with Crippen molar-refractivity contribution in [3.8, 4) is 17.1 Å². The van der Waals surface area contributed by atoms with Crippen LogP contribution in [0, 0.1) is 12.7 Å². The fourth-order valence-corrected chi connectivity index (χ4v) is 3.82. The summed E-state index contributed by atoms with van der Waals surface area (Å²) in [4.78, 5) is 6.69. The zero-order valence-corrected chi connectivity index (χ0v) is 17.0. The largest absolute Gasteiger partial charge is 0.491 e. The van der Waals surface area contributed by atoms with Crippen molar-refractivity contribution in [1.82, 2.24) is 15.0 Å². The van der Waals surface area contributed by atoms with E-state index in [1.54, 1.807) is 12.1 Å². The molecule has 6 nitrogen and oxygen atoms in total. The highest BCUT2D eigenvalue weighted by molar-refractivity contribution is 5.53. The molecule has 0 amide bonds. The maximum Gasteiger partial charge on any atom is 0.231 e. The average molecular weight is 411 g/mol. The predicted molar refractivity (Wildman–Crippen MR) is 111 cm³/mol. The zero-order chi connectivity index (χ0) is 20.9. The lowest BCUT2D eigenvalue weighted by Crippen LogP contribution is -2.41. The Morgan fingerprint density at radius 1 is 1.27 bits per heavy atom. The second-order valence-electron chi connectivity index (χ2n) is 7.80. The number of aryl methyl sites for hydroxylation is 1. The van der Waals surface area contributed by atoms with Gasteiger partial charge in [0, 0.05) is 18.7 Å². The Hall–Kier alpha value is -2.77. The van der Waals surface area contributed by atoms with E-state index in [9.17, 15) is 9.50 Å². The fraction of sp³-hybridized carbons (Fsp3) is 0.391. The summed E-state index contributed by atoms with van der Waals surface area (Å²) in [6.45, 7) is 4.39. The maximum atomic E-state index is 13.5. The summed E-state index contributed by atoms with van der Waals surface area (Å²) >= 11 is 0. The first-order valence-electron chi connectivity index (χ1n) is 10.3. The molecule has 158 valence electrons. The Labute approximate surface area is 175 Å². The minimum absolute atomic E-state index is 0.0954. The molecule has 2 heterocycles.